The van der Waals surface area contributed by atoms with Crippen molar-refractivity contribution in [3.63, 3.8) is 0 Å². The van der Waals surface area contributed by atoms with E-state index in [9.17, 15) is 27.2 Å². The smallest absolute Gasteiger partial charge is 0.416 e. The van der Waals surface area contributed by atoms with Crippen molar-refractivity contribution in [3.8, 4) is 16.9 Å². The van der Waals surface area contributed by atoms with Gasteiger partial charge in [0.15, 0.2) is 0 Å². The fourth-order valence-corrected chi connectivity index (χ4v) is 4.23. The van der Waals surface area contributed by atoms with E-state index in [1.165, 1.54) is 50.8 Å². The second-order valence-electron chi connectivity index (χ2n) is 7.34. The number of carboxylic acid groups (broad SMARTS) is 1. The number of hydrogen-bond donors (Lipinski definition) is 1. The number of ether oxygens (including phenoxy) is 1. The highest BCUT2D eigenvalue weighted by molar-refractivity contribution is 7.99. The van der Waals surface area contributed by atoms with Gasteiger partial charge in [0.1, 0.15) is 11.6 Å². The van der Waals surface area contributed by atoms with Crippen LogP contribution in [-0.2, 0) is 11.0 Å². The molecule has 184 valence electrons. The topological polar surface area (TPSA) is 79.7 Å². The van der Waals surface area contributed by atoms with Crippen LogP contribution in [0.3, 0.4) is 0 Å². The van der Waals surface area contributed by atoms with Crippen molar-refractivity contribution in [2.24, 2.45) is 0 Å². The van der Waals surface area contributed by atoms with Crippen molar-refractivity contribution < 1.29 is 37.0 Å². The highest BCUT2D eigenvalue weighted by Crippen LogP contribution is 2.38. The summed E-state index contributed by atoms with van der Waals surface area (Å²) in [6, 6.07) is 8.35. The van der Waals surface area contributed by atoms with Crippen LogP contribution >= 0.6 is 11.8 Å². The molecule has 1 heterocycles. The van der Waals surface area contributed by atoms with Crippen LogP contribution in [0, 0.1) is 5.82 Å². The maximum Gasteiger partial charge on any atom is 0.416 e. The van der Waals surface area contributed by atoms with Gasteiger partial charge in [-0.1, -0.05) is 0 Å². The number of carbonyl (C=O) groups is 2. The molecule has 0 saturated heterocycles. The van der Waals surface area contributed by atoms with Crippen LogP contribution in [-0.4, -0.2) is 41.9 Å². The van der Waals surface area contributed by atoms with E-state index >= 15 is 0 Å². The Morgan fingerprint density at radius 3 is 2.51 bits per heavy atom. The normalized spacial score (nSPS) is 11.3. The number of hydrogen-bond acceptors (Lipinski definition) is 5. The Hall–Kier alpha value is -3.60. The van der Waals surface area contributed by atoms with Crippen LogP contribution < -0.4 is 9.64 Å². The average molecular weight is 508 g/mol. The molecule has 0 aliphatic heterocycles. The van der Waals surface area contributed by atoms with E-state index < -0.39 is 29.4 Å². The number of pyridine rings is 1. The Kier molecular flexibility index (Phi) is 8.00. The van der Waals surface area contributed by atoms with E-state index in [1.54, 1.807) is 6.07 Å². The number of nitrogens with zero attached hydrogens (tertiary/aromatic N) is 2. The van der Waals surface area contributed by atoms with Crippen LogP contribution in [0.5, 0.6) is 5.75 Å². The highest BCUT2D eigenvalue weighted by atomic mass is 32.2. The molecule has 0 bridgehead atoms. The fourth-order valence-electron chi connectivity index (χ4n) is 3.30. The van der Waals surface area contributed by atoms with Crippen molar-refractivity contribution in [1.29, 1.82) is 0 Å². The molecule has 0 unspecified atom stereocenters. The minimum atomic E-state index is -4.71. The number of alkyl halides is 3. The Bertz CT molecular complexity index is 1250. The van der Waals surface area contributed by atoms with E-state index in [-0.39, 0.29) is 34.1 Å². The van der Waals surface area contributed by atoms with Gasteiger partial charge in [-0.15, -0.1) is 11.8 Å². The van der Waals surface area contributed by atoms with Crippen molar-refractivity contribution in [1.82, 2.24) is 4.98 Å². The van der Waals surface area contributed by atoms with Gasteiger partial charge in [-0.05, 0) is 36.4 Å². The minimum Gasteiger partial charge on any atom is -0.496 e. The summed E-state index contributed by atoms with van der Waals surface area (Å²) in [4.78, 5) is 29.3. The first kappa shape index (κ1) is 26.0. The summed E-state index contributed by atoms with van der Waals surface area (Å²) in [7, 11) is 2.75. The molecule has 0 radical (unpaired) electrons. The zero-order valence-corrected chi connectivity index (χ0v) is 19.4. The molecule has 0 atom stereocenters. The monoisotopic (exact) mass is 508 g/mol. The molecule has 3 aromatic rings. The van der Waals surface area contributed by atoms with E-state index in [2.05, 4.69) is 4.98 Å². The van der Waals surface area contributed by atoms with Gasteiger partial charge < -0.3 is 14.7 Å². The number of aromatic nitrogens is 1. The fraction of sp³-hybridized carbons (Fsp3) is 0.208. The van der Waals surface area contributed by atoms with E-state index in [1.807, 2.05) is 0 Å². The first-order valence-corrected chi connectivity index (χ1v) is 11.1. The number of benzene rings is 2. The lowest BCUT2D eigenvalue weighted by Crippen LogP contribution is -2.27. The molecular formula is C24H20F4N2O4S. The van der Waals surface area contributed by atoms with Crippen LogP contribution in [0.2, 0.25) is 0 Å². The minimum absolute atomic E-state index is 0.0389. The summed E-state index contributed by atoms with van der Waals surface area (Å²) in [6.45, 7) is 0. The van der Waals surface area contributed by atoms with Gasteiger partial charge >= 0.3 is 12.1 Å². The molecule has 6 nitrogen and oxygen atoms in total. The quantitative estimate of drug-likeness (QED) is 0.308. The lowest BCUT2D eigenvalue weighted by Gasteiger charge is -2.22. The van der Waals surface area contributed by atoms with Gasteiger partial charge in [-0.3, -0.25) is 14.6 Å². The molecule has 0 spiro atoms. The van der Waals surface area contributed by atoms with Gasteiger partial charge in [0.2, 0.25) is 0 Å². The Morgan fingerprint density at radius 1 is 1.11 bits per heavy atom. The molecule has 1 aromatic heterocycles. The summed E-state index contributed by atoms with van der Waals surface area (Å²) < 4.78 is 59.4. The Morgan fingerprint density at radius 2 is 1.86 bits per heavy atom. The van der Waals surface area contributed by atoms with Gasteiger partial charge in [-0.2, -0.15) is 13.2 Å². The van der Waals surface area contributed by atoms with E-state index in [0.29, 0.717) is 11.1 Å². The molecule has 35 heavy (non-hydrogen) atoms. The largest absolute Gasteiger partial charge is 0.496 e. The predicted octanol–water partition coefficient (Wildman–Crippen LogP) is 5.76. The predicted molar refractivity (Wildman–Crippen MR) is 123 cm³/mol. The zero-order valence-electron chi connectivity index (χ0n) is 18.6. The van der Waals surface area contributed by atoms with E-state index in [0.717, 1.165) is 28.8 Å². The molecule has 11 heteroatoms. The summed E-state index contributed by atoms with van der Waals surface area (Å²) in [6.07, 6.45) is -2.13. The van der Waals surface area contributed by atoms with E-state index in [4.69, 9.17) is 9.84 Å². The number of carbonyl (C=O) groups excluding carboxylic acids is 1. The number of amides is 1. The van der Waals surface area contributed by atoms with Crippen LogP contribution in [0.15, 0.2) is 59.8 Å². The molecule has 0 aliphatic rings. The lowest BCUT2D eigenvalue weighted by molar-refractivity contribution is -0.138. The van der Waals surface area contributed by atoms with Gasteiger partial charge in [-0.25, -0.2) is 4.39 Å². The number of carboxylic acids is 1. The molecule has 2 aromatic carbocycles. The summed E-state index contributed by atoms with van der Waals surface area (Å²) >= 11 is 0.908. The maximum atomic E-state index is 13.7. The number of thioether (sulfide) groups is 1. The second-order valence-corrected chi connectivity index (χ2v) is 8.51. The summed E-state index contributed by atoms with van der Waals surface area (Å²) in [5, 5.41) is 8.80. The maximum absolute atomic E-state index is 13.7. The molecule has 1 amide bonds. The zero-order chi connectivity index (χ0) is 25.8. The lowest BCUT2D eigenvalue weighted by atomic mass is 10.0. The molecule has 0 saturated carbocycles. The Labute approximate surface area is 202 Å². The third kappa shape index (κ3) is 6.30. The molecule has 0 fully saturated rings. The standard InChI is InChI=1S/C24H20F4N2O4S/c1-30(20-13-29-7-5-18(20)19-4-3-16(25)12-21(19)34-2)23(33)14-9-15(24(26,27)28)11-17(10-14)35-8-6-22(31)32/h3-5,7,9-13H,6,8H2,1-2H3,(H,31,32). The van der Waals surface area contributed by atoms with Crippen molar-refractivity contribution >= 4 is 29.3 Å². The van der Waals surface area contributed by atoms with Crippen molar-refractivity contribution in [2.75, 3.05) is 24.8 Å². The van der Waals surface area contributed by atoms with Crippen LogP contribution in [0.25, 0.3) is 11.1 Å². The number of anilines is 1. The summed E-state index contributed by atoms with van der Waals surface area (Å²) in [5.74, 6) is -2.11. The second kappa shape index (κ2) is 10.8. The molecular weight excluding hydrogens is 488 g/mol. The van der Waals surface area contributed by atoms with Crippen molar-refractivity contribution in [2.45, 2.75) is 17.5 Å². The Balaban J connectivity index is 2.02. The van der Waals surface area contributed by atoms with Gasteiger partial charge in [0, 0.05) is 46.6 Å². The number of methoxy groups -OCH3 is 1. The van der Waals surface area contributed by atoms with Crippen LogP contribution in [0.1, 0.15) is 22.3 Å². The number of rotatable bonds is 8. The first-order valence-electron chi connectivity index (χ1n) is 10.1. The van der Waals surface area contributed by atoms with Gasteiger partial charge in [0.05, 0.1) is 31.0 Å². The highest BCUT2D eigenvalue weighted by Gasteiger charge is 2.32. The molecule has 1 N–H and O–H groups in total. The molecule has 3 rings (SSSR count). The van der Waals surface area contributed by atoms with Crippen molar-refractivity contribution in [3.05, 3.63) is 71.8 Å². The number of halogens is 4. The summed E-state index contributed by atoms with van der Waals surface area (Å²) in [5.41, 5.74) is -0.0854. The first-order chi connectivity index (χ1) is 16.5. The average Bonchev–Trinajstić information content (AvgIpc) is 2.82. The van der Waals surface area contributed by atoms with Gasteiger partial charge in [0.25, 0.3) is 5.91 Å². The molecule has 0 aliphatic carbocycles. The van der Waals surface area contributed by atoms with Crippen LogP contribution in [0.4, 0.5) is 23.2 Å². The third-order valence-corrected chi connectivity index (χ3v) is 5.96. The third-order valence-electron chi connectivity index (χ3n) is 4.99. The number of aliphatic carboxylic acids is 1. The SMILES string of the molecule is COc1cc(F)ccc1-c1ccncc1N(C)C(=O)c1cc(SCCC(=O)O)cc(C(F)(F)F)c1.